The minimum atomic E-state index is -0.904. The quantitative estimate of drug-likeness (QED) is 0.390. The molecular weight excluding hydrogens is 286 g/mol. The van der Waals surface area contributed by atoms with E-state index < -0.39 is 12.0 Å². The Morgan fingerprint density at radius 1 is 1.17 bits per heavy atom. The van der Waals surface area contributed by atoms with E-state index in [9.17, 15) is 4.79 Å². The number of rotatable bonds is 12. The molecule has 0 aromatic heterocycles. The molecule has 1 unspecified atom stereocenters. The summed E-state index contributed by atoms with van der Waals surface area (Å²) in [4.78, 5) is 10.6. The Bertz CT molecular complexity index is 376. The molecule has 1 aliphatic carbocycles. The van der Waals surface area contributed by atoms with Crippen molar-refractivity contribution in [2.24, 2.45) is 17.6 Å². The minimum Gasteiger partial charge on any atom is -0.480 e. The average Bonchev–Trinajstić information content (AvgIpc) is 2.97. The molecule has 0 saturated heterocycles. The van der Waals surface area contributed by atoms with E-state index in [0.29, 0.717) is 6.42 Å². The number of hydrogen-bond acceptors (Lipinski definition) is 2. The predicted octanol–water partition coefficient (Wildman–Crippen LogP) is 5.07. The molecule has 0 radical (unpaired) electrons. The Hall–Kier alpha value is -1.09. The van der Waals surface area contributed by atoms with Gasteiger partial charge in [-0.2, -0.15) is 0 Å². The van der Waals surface area contributed by atoms with Gasteiger partial charge in [-0.25, -0.2) is 0 Å². The number of aliphatic carboxylic acids is 1. The van der Waals surface area contributed by atoms with Crippen LogP contribution in [0.3, 0.4) is 0 Å². The molecule has 3 atom stereocenters. The van der Waals surface area contributed by atoms with E-state index in [1.807, 2.05) is 0 Å². The molecule has 0 aliphatic heterocycles. The average molecular weight is 322 g/mol. The molecule has 0 aromatic rings. The summed E-state index contributed by atoms with van der Waals surface area (Å²) in [6.07, 6.45) is 22.2. The van der Waals surface area contributed by atoms with Crippen molar-refractivity contribution in [3.8, 4) is 0 Å². The normalized spacial score (nSPS) is 23.0. The topological polar surface area (TPSA) is 63.3 Å². The van der Waals surface area contributed by atoms with Crippen molar-refractivity contribution in [3.05, 3.63) is 24.3 Å². The number of nitrogens with two attached hydrogens (primary N) is 1. The van der Waals surface area contributed by atoms with Crippen molar-refractivity contribution in [3.63, 3.8) is 0 Å². The Morgan fingerprint density at radius 2 is 2.00 bits per heavy atom. The molecule has 132 valence electrons. The largest absolute Gasteiger partial charge is 0.480 e. The van der Waals surface area contributed by atoms with Crippen molar-refractivity contribution < 1.29 is 9.90 Å². The second-order valence-corrected chi connectivity index (χ2v) is 6.86. The first kappa shape index (κ1) is 20.0. The summed E-state index contributed by atoms with van der Waals surface area (Å²) in [5, 5.41) is 8.74. The van der Waals surface area contributed by atoms with Crippen LogP contribution in [0.2, 0.25) is 0 Å². The van der Waals surface area contributed by atoms with Crippen LogP contribution in [0, 0.1) is 11.8 Å². The molecule has 3 heteroatoms. The molecule has 0 aromatic carbocycles. The van der Waals surface area contributed by atoms with Crippen molar-refractivity contribution in [1.82, 2.24) is 0 Å². The summed E-state index contributed by atoms with van der Waals surface area (Å²) in [6, 6.07) is -0.727. The van der Waals surface area contributed by atoms with Crippen LogP contribution in [0.5, 0.6) is 0 Å². The molecule has 1 fully saturated rings. The van der Waals surface area contributed by atoms with Crippen molar-refractivity contribution in [2.75, 3.05) is 0 Å². The fourth-order valence-electron chi connectivity index (χ4n) is 3.36. The standard InChI is InChI=1S/C20H35NO2/c1-2-3-4-5-6-8-12-17-14-11-15-18(17)13-9-7-10-16-19(21)20(22)23/h7-9,12,17-19H,2-6,10-11,13-16,21H2,1H3,(H,22,23)/t17-,18-,19?/m0/s1. The maximum absolute atomic E-state index is 10.6. The van der Waals surface area contributed by atoms with E-state index in [-0.39, 0.29) is 0 Å². The van der Waals surface area contributed by atoms with Gasteiger partial charge in [-0.15, -0.1) is 0 Å². The van der Waals surface area contributed by atoms with Crippen LogP contribution in [0.4, 0.5) is 0 Å². The molecule has 23 heavy (non-hydrogen) atoms. The van der Waals surface area contributed by atoms with E-state index in [2.05, 4.69) is 31.2 Å². The molecule has 1 aliphatic rings. The third kappa shape index (κ3) is 8.95. The molecule has 1 rings (SSSR count). The highest BCUT2D eigenvalue weighted by atomic mass is 16.4. The smallest absolute Gasteiger partial charge is 0.320 e. The molecule has 0 spiro atoms. The first-order valence-electron chi connectivity index (χ1n) is 9.45. The third-order valence-electron chi connectivity index (χ3n) is 4.89. The van der Waals surface area contributed by atoms with Crippen LogP contribution in [-0.4, -0.2) is 17.1 Å². The fraction of sp³-hybridized carbons (Fsp3) is 0.750. The maximum Gasteiger partial charge on any atom is 0.320 e. The number of carbonyl (C=O) groups is 1. The Morgan fingerprint density at radius 3 is 2.74 bits per heavy atom. The van der Waals surface area contributed by atoms with Crippen LogP contribution in [-0.2, 0) is 4.79 Å². The van der Waals surface area contributed by atoms with E-state index in [4.69, 9.17) is 10.8 Å². The van der Waals surface area contributed by atoms with Crippen molar-refractivity contribution >= 4 is 5.97 Å². The maximum atomic E-state index is 10.6. The molecule has 3 nitrogen and oxygen atoms in total. The van der Waals surface area contributed by atoms with E-state index >= 15 is 0 Å². The number of hydrogen-bond donors (Lipinski definition) is 2. The van der Waals surface area contributed by atoms with Gasteiger partial charge in [0.25, 0.3) is 0 Å². The first-order valence-corrected chi connectivity index (χ1v) is 9.45. The monoisotopic (exact) mass is 321 g/mol. The summed E-state index contributed by atoms with van der Waals surface area (Å²) in [7, 11) is 0. The molecule has 0 bridgehead atoms. The molecular formula is C20H35NO2. The van der Waals surface area contributed by atoms with Gasteiger partial charge >= 0.3 is 5.97 Å². The van der Waals surface area contributed by atoms with Crippen molar-refractivity contribution in [1.29, 1.82) is 0 Å². The number of allylic oxidation sites excluding steroid dienone is 4. The van der Waals surface area contributed by atoms with E-state index in [1.54, 1.807) is 0 Å². The zero-order valence-electron chi connectivity index (χ0n) is 14.8. The second-order valence-electron chi connectivity index (χ2n) is 6.86. The number of carboxylic acid groups (broad SMARTS) is 1. The van der Waals surface area contributed by atoms with Gasteiger partial charge in [0.2, 0.25) is 0 Å². The SMILES string of the molecule is CCCCCCC=C[C@H]1CCC[C@@H]1CC=CCCC(N)C(=O)O. The zero-order chi connectivity index (χ0) is 16.9. The second kappa shape index (κ2) is 12.3. The van der Waals surface area contributed by atoms with Gasteiger partial charge < -0.3 is 10.8 Å². The lowest BCUT2D eigenvalue weighted by atomic mass is 9.92. The Balaban J connectivity index is 2.19. The molecule has 3 N–H and O–H groups in total. The van der Waals surface area contributed by atoms with Crippen LogP contribution in [0.15, 0.2) is 24.3 Å². The van der Waals surface area contributed by atoms with Crippen LogP contribution in [0.25, 0.3) is 0 Å². The van der Waals surface area contributed by atoms with Gasteiger partial charge in [-0.3, -0.25) is 4.79 Å². The Labute approximate surface area is 142 Å². The molecule has 0 amide bonds. The van der Waals surface area contributed by atoms with Gasteiger partial charge in [0, 0.05) is 0 Å². The van der Waals surface area contributed by atoms with E-state index in [0.717, 1.165) is 24.7 Å². The van der Waals surface area contributed by atoms with Gasteiger partial charge in [0.1, 0.15) is 6.04 Å². The third-order valence-corrected chi connectivity index (χ3v) is 4.89. The van der Waals surface area contributed by atoms with Crippen LogP contribution >= 0.6 is 0 Å². The summed E-state index contributed by atoms with van der Waals surface area (Å²) in [5.74, 6) is 0.608. The van der Waals surface area contributed by atoms with Gasteiger partial charge in [-0.05, 0) is 56.8 Å². The summed E-state index contributed by atoms with van der Waals surface area (Å²) in [5.41, 5.74) is 5.50. The van der Waals surface area contributed by atoms with Crippen LogP contribution < -0.4 is 5.73 Å². The lowest BCUT2D eigenvalue weighted by molar-refractivity contribution is -0.138. The summed E-state index contributed by atoms with van der Waals surface area (Å²) in [6.45, 7) is 2.25. The number of carboxylic acids is 1. The highest BCUT2D eigenvalue weighted by molar-refractivity contribution is 5.72. The minimum absolute atomic E-state index is 0.525. The van der Waals surface area contributed by atoms with Gasteiger partial charge in [0.15, 0.2) is 0 Å². The first-order chi connectivity index (χ1) is 11.1. The van der Waals surface area contributed by atoms with Gasteiger partial charge in [-0.1, -0.05) is 56.9 Å². The Kier molecular flexibility index (Phi) is 10.7. The lowest BCUT2D eigenvalue weighted by Crippen LogP contribution is -2.29. The van der Waals surface area contributed by atoms with E-state index in [1.165, 1.54) is 51.4 Å². The van der Waals surface area contributed by atoms with Crippen LogP contribution in [0.1, 0.15) is 77.6 Å². The zero-order valence-corrected chi connectivity index (χ0v) is 14.8. The molecule has 0 heterocycles. The predicted molar refractivity (Wildman–Crippen MR) is 97.3 cm³/mol. The lowest BCUT2D eigenvalue weighted by Gasteiger charge is -2.14. The summed E-state index contributed by atoms with van der Waals surface area (Å²) < 4.78 is 0. The molecule has 1 saturated carbocycles. The highest BCUT2D eigenvalue weighted by Gasteiger charge is 2.23. The fourth-order valence-corrected chi connectivity index (χ4v) is 3.36. The summed E-state index contributed by atoms with van der Waals surface area (Å²) >= 11 is 0. The number of unbranched alkanes of at least 4 members (excludes halogenated alkanes) is 4. The highest BCUT2D eigenvalue weighted by Crippen LogP contribution is 2.35. The van der Waals surface area contributed by atoms with Crippen molar-refractivity contribution in [2.45, 2.75) is 83.6 Å². The van der Waals surface area contributed by atoms with Gasteiger partial charge in [0.05, 0.1) is 0 Å².